The number of methoxy groups -OCH3 is 2. The SMILES string of the molecule is COc1cc2c(cc1OC)[C@@H](C)N(C(=O)N(C)C)CC2. The fourth-order valence-electron chi connectivity index (χ4n) is 2.66. The molecule has 0 radical (unpaired) electrons. The van der Waals surface area contributed by atoms with E-state index in [0.717, 1.165) is 24.3 Å². The van der Waals surface area contributed by atoms with Crippen LogP contribution in [-0.4, -0.2) is 50.7 Å². The van der Waals surface area contributed by atoms with Gasteiger partial charge in [0.25, 0.3) is 0 Å². The van der Waals surface area contributed by atoms with Crippen molar-refractivity contribution in [1.82, 2.24) is 9.80 Å². The molecule has 5 nitrogen and oxygen atoms in total. The number of fused-ring (bicyclic) bond motifs is 1. The van der Waals surface area contributed by atoms with Gasteiger partial charge < -0.3 is 19.3 Å². The van der Waals surface area contributed by atoms with Crippen molar-refractivity contribution in [3.63, 3.8) is 0 Å². The van der Waals surface area contributed by atoms with E-state index in [1.807, 2.05) is 24.0 Å². The van der Waals surface area contributed by atoms with Crippen molar-refractivity contribution in [3.05, 3.63) is 23.3 Å². The zero-order chi connectivity index (χ0) is 14.9. The molecule has 0 saturated carbocycles. The minimum atomic E-state index is 0.0356. The Bertz CT molecular complexity index is 514. The lowest BCUT2D eigenvalue weighted by Gasteiger charge is -2.37. The number of hydrogen-bond acceptors (Lipinski definition) is 3. The summed E-state index contributed by atoms with van der Waals surface area (Å²) in [7, 11) is 6.82. The first kappa shape index (κ1) is 14.5. The lowest BCUT2D eigenvalue weighted by atomic mass is 9.93. The molecule has 0 fully saturated rings. The second-order valence-corrected chi connectivity index (χ2v) is 5.20. The van der Waals surface area contributed by atoms with Crippen LogP contribution in [0.1, 0.15) is 24.1 Å². The highest BCUT2D eigenvalue weighted by molar-refractivity contribution is 5.75. The lowest BCUT2D eigenvalue weighted by Crippen LogP contribution is -2.44. The first-order chi connectivity index (χ1) is 9.49. The number of amides is 2. The van der Waals surface area contributed by atoms with Crippen molar-refractivity contribution in [2.24, 2.45) is 0 Å². The normalized spacial score (nSPS) is 17.4. The second kappa shape index (κ2) is 5.61. The third kappa shape index (κ3) is 2.40. The van der Waals surface area contributed by atoms with Gasteiger partial charge in [0.2, 0.25) is 0 Å². The molecule has 1 aliphatic rings. The molecule has 110 valence electrons. The van der Waals surface area contributed by atoms with Gasteiger partial charge >= 0.3 is 6.03 Å². The Morgan fingerprint density at radius 2 is 1.85 bits per heavy atom. The minimum Gasteiger partial charge on any atom is -0.493 e. The number of nitrogens with zero attached hydrogens (tertiary/aromatic N) is 2. The minimum absolute atomic E-state index is 0.0356. The average Bonchev–Trinajstić information content (AvgIpc) is 2.45. The van der Waals surface area contributed by atoms with E-state index in [-0.39, 0.29) is 12.1 Å². The van der Waals surface area contributed by atoms with Gasteiger partial charge in [-0.25, -0.2) is 4.79 Å². The first-order valence-corrected chi connectivity index (χ1v) is 6.72. The highest BCUT2D eigenvalue weighted by Crippen LogP contribution is 2.37. The summed E-state index contributed by atoms with van der Waals surface area (Å²) in [5.74, 6) is 1.45. The van der Waals surface area contributed by atoms with Crippen molar-refractivity contribution < 1.29 is 14.3 Å². The van der Waals surface area contributed by atoms with Crippen molar-refractivity contribution in [2.75, 3.05) is 34.9 Å². The summed E-state index contributed by atoms with van der Waals surface area (Å²) in [6.07, 6.45) is 0.833. The van der Waals surface area contributed by atoms with Gasteiger partial charge in [-0.15, -0.1) is 0 Å². The second-order valence-electron chi connectivity index (χ2n) is 5.20. The van der Waals surface area contributed by atoms with Crippen LogP contribution in [0.2, 0.25) is 0 Å². The molecule has 20 heavy (non-hydrogen) atoms. The maximum absolute atomic E-state index is 12.2. The average molecular weight is 278 g/mol. The molecule has 0 N–H and O–H groups in total. The number of ether oxygens (including phenoxy) is 2. The Labute approximate surface area is 120 Å². The third-order valence-electron chi connectivity index (χ3n) is 3.81. The monoisotopic (exact) mass is 278 g/mol. The molecule has 1 aromatic rings. The largest absolute Gasteiger partial charge is 0.493 e. The van der Waals surface area contributed by atoms with Gasteiger partial charge in [-0.05, 0) is 36.6 Å². The molecule has 0 aromatic heterocycles. The molecule has 1 heterocycles. The molecule has 0 saturated heterocycles. The van der Waals surface area contributed by atoms with Crippen LogP contribution in [0, 0.1) is 0 Å². The van der Waals surface area contributed by atoms with Crippen LogP contribution in [0.3, 0.4) is 0 Å². The van der Waals surface area contributed by atoms with Crippen LogP contribution in [0.4, 0.5) is 4.79 Å². The highest BCUT2D eigenvalue weighted by atomic mass is 16.5. The van der Waals surface area contributed by atoms with Crippen LogP contribution in [0.15, 0.2) is 12.1 Å². The molecule has 0 bridgehead atoms. The molecule has 1 aromatic carbocycles. The summed E-state index contributed by atoms with van der Waals surface area (Å²) in [6.45, 7) is 2.77. The first-order valence-electron chi connectivity index (χ1n) is 6.72. The van der Waals surface area contributed by atoms with Crippen molar-refractivity contribution in [1.29, 1.82) is 0 Å². The van der Waals surface area contributed by atoms with Crippen LogP contribution in [0.5, 0.6) is 11.5 Å². The van der Waals surface area contributed by atoms with E-state index in [0.29, 0.717) is 5.75 Å². The van der Waals surface area contributed by atoms with Crippen LogP contribution < -0.4 is 9.47 Å². The van der Waals surface area contributed by atoms with E-state index in [1.54, 1.807) is 33.2 Å². The summed E-state index contributed by atoms with van der Waals surface area (Å²) < 4.78 is 10.7. The van der Waals surface area contributed by atoms with Gasteiger partial charge in [0, 0.05) is 20.6 Å². The van der Waals surface area contributed by atoms with Crippen LogP contribution in [-0.2, 0) is 6.42 Å². The van der Waals surface area contributed by atoms with Crippen molar-refractivity contribution >= 4 is 6.03 Å². The third-order valence-corrected chi connectivity index (χ3v) is 3.81. The summed E-state index contributed by atoms with van der Waals surface area (Å²) in [4.78, 5) is 15.7. The molecule has 0 unspecified atom stereocenters. The zero-order valence-electron chi connectivity index (χ0n) is 12.8. The maximum Gasteiger partial charge on any atom is 0.319 e. The van der Waals surface area contributed by atoms with Crippen LogP contribution >= 0.6 is 0 Å². The van der Waals surface area contributed by atoms with Gasteiger partial charge in [0.05, 0.1) is 20.3 Å². The Kier molecular flexibility index (Phi) is 4.06. The lowest BCUT2D eigenvalue weighted by molar-refractivity contribution is 0.149. The topological polar surface area (TPSA) is 42.0 Å². The number of hydrogen-bond donors (Lipinski definition) is 0. The van der Waals surface area contributed by atoms with Gasteiger partial charge in [-0.3, -0.25) is 0 Å². The molecule has 1 atom stereocenters. The van der Waals surface area contributed by atoms with E-state index in [9.17, 15) is 4.79 Å². The standard InChI is InChI=1S/C15H22N2O3/c1-10-12-9-14(20-5)13(19-4)8-11(12)6-7-17(10)15(18)16(2)3/h8-10H,6-7H2,1-5H3/t10-/m1/s1. The van der Waals surface area contributed by atoms with Gasteiger partial charge in [-0.2, -0.15) is 0 Å². The fraction of sp³-hybridized carbons (Fsp3) is 0.533. The zero-order valence-corrected chi connectivity index (χ0v) is 12.8. The van der Waals surface area contributed by atoms with Gasteiger partial charge in [0.15, 0.2) is 11.5 Å². The molecule has 2 rings (SSSR count). The predicted octanol–water partition coefficient (Wildman–Crippen LogP) is 2.30. The predicted molar refractivity (Wildman–Crippen MR) is 77.5 cm³/mol. The number of benzene rings is 1. The number of urea groups is 1. The molecule has 1 aliphatic heterocycles. The number of carbonyl (C=O) groups is 1. The molecular weight excluding hydrogens is 256 g/mol. The van der Waals surface area contributed by atoms with Gasteiger partial charge in [-0.1, -0.05) is 0 Å². The Morgan fingerprint density at radius 1 is 1.25 bits per heavy atom. The molecule has 2 amide bonds. The summed E-state index contributed by atoms with van der Waals surface area (Å²) in [6, 6.07) is 4.07. The smallest absolute Gasteiger partial charge is 0.319 e. The quantitative estimate of drug-likeness (QED) is 0.833. The Balaban J connectivity index is 2.38. The molecular formula is C15H22N2O3. The van der Waals surface area contributed by atoms with Crippen molar-refractivity contribution in [2.45, 2.75) is 19.4 Å². The Hall–Kier alpha value is -1.91. The van der Waals surface area contributed by atoms with E-state index in [4.69, 9.17) is 9.47 Å². The molecule has 0 aliphatic carbocycles. The Morgan fingerprint density at radius 3 is 2.40 bits per heavy atom. The van der Waals surface area contributed by atoms with Crippen molar-refractivity contribution in [3.8, 4) is 11.5 Å². The summed E-state index contributed by atoms with van der Waals surface area (Å²) in [5, 5.41) is 0. The molecule has 5 heteroatoms. The summed E-state index contributed by atoms with van der Waals surface area (Å²) >= 11 is 0. The summed E-state index contributed by atoms with van der Waals surface area (Å²) in [5.41, 5.74) is 2.35. The van der Waals surface area contributed by atoms with E-state index >= 15 is 0 Å². The van der Waals surface area contributed by atoms with Crippen LogP contribution in [0.25, 0.3) is 0 Å². The number of carbonyl (C=O) groups excluding carboxylic acids is 1. The van der Waals surface area contributed by atoms with E-state index in [1.165, 1.54) is 5.56 Å². The number of rotatable bonds is 2. The fourth-order valence-corrected chi connectivity index (χ4v) is 2.66. The maximum atomic E-state index is 12.2. The van der Waals surface area contributed by atoms with E-state index in [2.05, 4.69) is 0 Å². The highest BCUT2D eigenvalue weighted by Gasteiger charge is 2.29. The van der Waals surface area contributed by atoms with E-state index < -0.39 is 0 Å². The van der Waals surface area contributed by atoms with Gasteiger partial charge in [0.1, 0.15) is 0 Å². The molecule has 0 spiro atoms.